The molecular formula is C9H10Cl2N2O. The molecule has 1 N–H and O–H groups in total. The predicted octanol–water partition coefficient (Wildman–Crippen LogP) is 2.05. The van der Waals surface area contributed by atoms with Crippen molar-refractivity contribution in [1.29, 1.82) is 0 Å². The lowest BCUT2D eigenvalue weighted by Crippen LogP contribution is -2.34. The zero-order chi connectivity index (χ0) is 9.97. The van der Waals surface area contributed by atoms with Gasteiger partial charge in [-0.25, -0.2) is 4.98 Å². The first-order valence-corrected chi connectivity index (χ1v) is 5.15. The highest BCUT2D eigenvalue weighted by atomic mass is 35.5. The summed E-state index contributed by atoms with van der Waals surface area (Å²) in [6.45, 7) is 2.25. The van der Waals surface area contributed by atoms with Crippen LogP contribution < -0.4 is 5.32 Å². The molecular weight excluding hydrogens is 223 g/mol. The van der Waals surface area contributed by atoms with Crippen LogP contribution in [0.5, 0.6) is 0 Å². The van der Waals surface area contributed by atoms with Gasteiger partial charge in [-0.3, -0.25) is 0 Å². The maximum Gasteiger partial charge on any atom is 0.131 e. The van der Waals surface area contributed by atoms with Crippen molar-refractivity contribution in [2.24, 2.45) is 0 Å². The van der Waals surface area contributed by atoms with Gasteiger partial charge in [0.25, 0.3) is 0 Å². The Balaban J connectivity index is 2.21. The Hall–Kier alpha value is -0.350. The molecule has 1 aliphatic rings. The number of nitrogens with zero attached hydrogens (tertiary/aromatic N) is 1. The molecule has 5 heteroatoms. The summed E-state index contributed by atoms with van der Waals surface area (Å²) in [6, 6.07) is 3.78. The molecule has 0 bridgehead atoms. The molecule has 76 valence electrons. The van der Waals surface area contributed by atoms with Crippen molar-refractivity contribution in [3.8, 4) is 0 Å². The molecule has 0 spiro atoms. The molecule has 1 unspecified atom stereocenters. The van der Waals surface area contributed by atoms with Gasteiger partial charge in [0.1, 0.15) is 10.3 Å². The summed E-state index contributed by atoms with van der Waals surface area (Å²) in [5, 5.41) is 4.15. The summed E-state index contributed by atoms with van der Waals surface area (Å²) in [5.41, 5.74) is 1.02. The van der Waals surface area contributed by atoms with Gasteiger partial charge in [-0.2, -0.15) is 0 Å². The standard InChI is InChI=1S/C9H10Cl2N2O/c10-8-3-6(4-9(11)13-8)7-5-14-2-1-12-7/h3-4,7,12H,1-2,5H2. The van der Waals surface area contributed by atoms with Crippen LogP contribution >= 0.6 is 23.2 Å². The molecule has 0 aliphatic carbocycles. The van der Waals surface area contributed by atoms with Crippen LogP contribution in [0.4, 0.5) is 0 Å². The molecule has 14 heavy (non-hydrogen) atoms. The molecule has 1 atom stereocenters. The smallest absolute Gasteiger partial charge is 0.131 e. The molecule has 1 saturated heterocycles. The lowest BCUT2D eigenvalue weighted by atomic mass is 10.1. The molecule has 1 aliphatic heterocycles. The second-order valence-corrected chi connectivity index (χ2v) is 3.90. The van der Waals surface area contributed by atoms with Crippen LogP contribution in [-0.4, -0.2) is 24.7 Å². The van der Waals surface area contributed by atoms with E-state index in [1.54, 1.807) is 12.1 Å². The molecule has 3 nitrogen and oxygen atoms in total. The Kier molecular flexibility index (Phi) is 3.23. The van der Waals surface area contributed by atoms with Crippen molar-refractivity contribution in [3.05, 3.63) is 28.0 Å². The number of morpholine rings is 1. The molecule has 0 saturated carbocycles. The van der Waals surface area contributed by atoms with Crippen molar-refractivity contribution in [3.63, 3.8) is 0 Å². The summed E-state index contributed by atoms with van der Waals surface area (Å²) in [5.74, 6) is 0. The number of ether oxygens (including phenoxy) is 1. The fraction of sp³-hybridized carbons (Fsp3) is 0.444. The van der Waals surface area contributed by atoms with Gasteiger partial charge in [0.05, 0.1) is 19.3 Å². The molecule has 2 heterocycles. The van der Waals surface area contributed by atoms with E-state index in [0.29, 0.717) is 16.9 Å². The highest BCUT2D eigenvalue weighted by Gasteiger charge is 2.16. The van der Waals surface area contributed by atoms with Crippen LogP contribution in [0.25, 0.3) is 0 Å². The second kappa shape index (κ2) is 4.45. The monoisotopic (exact) mass is 232 g/mol. The molecule has 1 aromatic rings. The maximum absolute atomic E-state index is 5.81. The number of hydrogen-bond donors (Lipinski definition) is 1. The van der Waals surface area contributed by atoms with E-state index in [9.17, 15) is 0 Å². The zero-order valence-electron chi connectivity index (χ0n) is 7.46. The van der Waals surface area contributed by atoms with Gasteiger partial charge in [-0.15, -0.1) is 0 Å². The van der Waals surface area contributed by atoms with Crippen LogP contribution in [0.1, 0.15) is 11.6 Å². The van der Waals surface area contributed by atoms with E-state index in [1.165, 1.54) is 0 Å². The van der Waals surface area contributed by atoms with Gasteiger partial charge < -0.3 is 10.1 Å². The van der Waals surface area contributed by atoms with Crippen LogP contribution in [0, 0.1) is 0 Å². The van der Waals surface area contributed by atoms with Gasteiger partial charge in [0.15, 0.2) is 0 Å². The van der Waals surface area contributed by atoms with Crippen molar-refractivity contribution in [2.75, 3.05) is 19.8 Å². The lowest BCUT2D eigenvalue weighted by molar-refractivity contribution is 0.0768. The van der Waals surface area contributed by atoms with E-state index >= 15 is 0 Å². The number of halogens is 2. The summed E-state index contributed by atoms with van der Waals surface area (Å²) < 4.78 is 5.35. The summed E-state index contributed by atoms with van der Waals surface area (Å²) in [6.07, 6.45) is 0. The Morgan fingerprint density at radius 2 is 2.07 bits per heavy atom. The highest BCUT2D eigenvalue weighted by molar-refractivity contribution is 6.32. The summed E-state index contributed by atoms with van der Waals surface area (Å²) in [7, 11) is 0. The first-order chi connectivity index (χ1) is 6.75. The predicted molar refractivity (Wildman–Crippen MR) is 55.8 cm³/mol. The fourth-order valence-corrected chi connectivity index (χ4v) is 1.94. The van der Waals surface area contributed by atoms with Gasteiger partial charge in [-0.05, 0) is 17.7 Å². The van der Waals surface area contributed by atoms with Gasteiger partial charge in [-0.1, -0.05) is 23.2 Å². The number of hydrogen-bond acceptors (Lipinski definition) is 3. The zero-order valence-corrected chi connectivity index (χ0v) is 8.98. The second-order valence-electron chi connectivity index (χ2n) is 3.13. The number of nitrogens with one attached hydrogen (secondary N) is 1. The molecule has 1 fully saturated rings. The number of aromatic nitrogens is 1. The minimum absolute atomic E-state index is 0.168. The Morgan fingerprint density at radius 1 is 1.36 bits per heavy atom. The molecule has 0 amide bonds. The molecule has 0 aromatic carbocycles. The van der Waals surface area contributed by atoms with Crippen molar-refractivity contribution < 1.29 is 4.74 Å². The Morgan fingerprint density at radius 3 is 2.64 bits per heavy atom. The van der Waals surface area contributed by atoms with Crippen LogP contribution in [0.2, 0.25) is 10.3 Å². The summed E-state index contributed by atoms with van der Waals surface area (Å²) >= 11 is 11.6. The Labute approximate surface area is 92.4 Å². The molecule has 1 aromatic heterocycles. The van der Waals surface area contributed by atoms with E-state index in [2.05, 4.69) is 10.3 Å². The quantitative estimate of drug-likeness (QED) is 0.754. The van der Waals surface area contributed by atoms with Crippen molar-refractivity contribution in [2.45, 2.75) is 6.04 Å². The van der Waals surface area contributed by atoms with E-state index in [4.69, 9.17) is 27.9 Å². The average molecular weight is 233 g/mol. The van der Waals surface area contributed by atoms with Crippen LogP contribution in [0.3, 0.4) is 0 Å². The number of pyridine rings is 1. The average Bonchev–Trinajstić information content (AvgIpc) is 2.18. The van der Waals surface area contributed by atoms with Crippen LogP contribution in [-0.2, 0) is 4.74 Å². The third-order valence-electron chi connectivity index (χ3n) is 2.11. The first kappa shape index (κ1) is 10.2. The highest BCUT2D eigenvalue weighted by Crippen LogP contribution is 2.21. The first-order valence-electron chi connectivity index (χ1n) is 4.40. The SMILES string of the molecule is Clc1cc(C2COCCN2)cc(Cl)n1. The lowest BCUT2D eigenvalue weighted by Gasteiger charge is -2.24. The van der Waals surface area contributed by atoms with E-state index in [-0.39, 0.29) is 6.04 Å². The summed E-state index contributed by atoms with van der Waals surface area (Å²) in [4.78, 5) is 3.89. The van der Waals surface area contributed by atoms with E-state index < -0.39 is 0 Å². The van der Waals surface area contributed by atoms with Gasteiger partial charge in [0.2, 0.25) is 0 Å². The Bertz CT molecular complexity index is 306. The van der Waals surface area contributed by atoms with Gasteiger partial charge >= 0.3 is 0 Å². The minimum atomic E-state index is 0.168. The van der Waals surface area contributed by atoms with Gasteiger partial charge in [0, 0.05) is 6.54 Å². The minimum Gasteiger partial charge on any atom is -0.378 e. The third-order valence-corrected chi connectivity index (χ3v) is 2.50. The van der Waals surface area contributed by atoms with Crippen molar-refractivity contribution in [1.82, 2.24) is 10.3 Å². The van der Waals surface area contributed by atoms with E-state index in [0.717, 1.165) is 18.7 Å². The third kappa shape index (κ3) is 2.36. The molecule has 0 radical (unpaired) electrons. The molecule has 2 rings (SSSR count). The fourth-order valence-electron chi connectivity index (χ4n) is 1.46. The topological polar surface area (TPSA) is 34.1 Å². The maximum atomic E-state index is 5.81. The number of rotatable bonds is 1. The van der Waals surface area contributed by atoms with Crippen LogP contribution in [0.15, 0.2) is 12.1 Å². The van der Waals surface area contributed by atoms with Crippen molar-refractivity contribution >= 4 is 23.2 Å². The normalized spacial score (nSPS) is 22.3. The largest absolute Gasteiger partial charge is 0.378 e. The van der Waals surface area contributed by atoms with E-state index in [1.807, 2.05) is 0 Å².